The largest absolute Gasteiger partial charge is 0.490 e. The van der Waals surface area contributed by atoms with Gasteiger partial charge in [-0.15, -0.1) is 0 Å². The third-order valence-corrected chi connectivity index (χ3v) is 5.26. The molecular weight excluding hydrogens is 462 g/mol. The molecule has 152 valence electrons. The molecule has 0 saturated heterocycles. The van der Waals surface area contributed by atoms with Gasteiger partial charge in [0, 0.05) is 5.02 Å². The first-order valence-electron chi connectivity index (χ1n) is 9.52. The highest BCUT2D eigenvalue weighted by Crippen LogP contribution is 2.38. The summed E-state index contributed by atoms with van der Waals surface area (Å²) in [6, 6.07) is 21.5. The monoisotopic (exact) mass is 481 g/mol. The van der Waals surface area contributed by atoms with Gasteiger partial charge in [0.05, 0.1) is 22.7 Å². The molecule has 3 nitrogen and oxygen atoms in total. The molecule has 0 N–H and O–H groups in total. The standard InChI is InChI=1S/C25H21BrClNO2/c1-3-29-24-14-19(12-21(15-28)20-8-4-17(2)5-9-20)13-23(26)25(24)30-16-18-6-10-22(27)11-7-18/h4-14H,3,16H2,1-2H3/b21-12-. The molecule has 0 fully saturated rings. The van der Waals surface area contributed by atoms with Crippen LogP contribution in [0.1, 0.15) is 29.2 Å². The molecular formula is C25H21BrClNO2. The van der Waals surface area contributed by atoms with Gasteiger partial charge in [-0.2, -0.15) is 5.26 Å². The van der Waals surface area contributed by atoms with E-state index >= 15 is 0 Å². The zero-order valence-corrected chi connectivity index (χ0v) is 19.1. The summed E-state index contributed by atoms with van der Waals surface area (Å²) in [5.41, 5.74) is 4.46. The van der Waals surface area contributed by atoms with Crippen molar-refractivity contribution in [1.82, 2.24) is 0 Å². The second-order valence-corrected chi connectivity index (χ2v) is 8.00. The van der Waals surface area contributed by atoms with Crippen molar-refractivity contribution in [3.8, 4) is 17.6 Å². The van der Waals surface area contributed by atoms with Crippen molar-refractivity contribution >= 4 is 39.2 Å². The van der Waals surface area contributed by atoms with Gasteiger partial charge in [0.1, 0.15) is 6.61 Å². The van der Waals surface area contributed by atoms with Gasteiger partial charge in [0.2, 0.25) is 0 Å². The maximum atomic E-state index is 9.64. The number of aryl methyl sites for hydroxylation is 1. The Morgan fingerprint density at radius 3 is 2.40 bits per heavy atom. The van der Waals surface area contributed by atoms with Crippen molar-refractivity contribution < 1.29 is 9.47 Å². The van der Waals surface area contributed by atoms with Gasteiger partial charge in [0.25, 0.3) is 0 Å². The molecule has 0 atom stereocenters. The van der Waals surface area contributed by atoms with Gasteiger partial charge < -0.3 is 9.47 Å². The zero-order valence-electron chi connectivity index (χ0n) is 16.8. The number of ether oxygens (including phenoxy) is 2. The quantitative estimate of drug-likeness (QED) is 0.259. The van der Waals surface area contributed by atoms with Gasteiger partial charge in [-0.1, -0.05) is 53.6 Å². The summed E-state index contributed by atoms with van der Waals surface area (Å²) in [5.74, 6) is 1.24. The normalized spacial score (nSPS) is 11.1. The van der Waals surface area contributed by atoms with Gasteiger partial charge >= 0.3 is 0 Å². The topological polar surface area (TPSA) is 42.2 Å². The molecule has 3 aromatic rings. The van der Waals surface area contributed by atoms with E-state index in [1.165, 1.54) is 0 Å². The van der Waals surface area contributed by atoms with Crippen LogP contribution in [0.4, 0.5) is 0 Å². The maximum absolute atomic E-state index is 9.64. The lowest BCUT2D eigenvalue weighted by atomic mass is 10.0. The third kappa shape index (κ3) is 5.66. The number of nitriles is 1. The van der Waals surface area contributed by atoms with Crippen molar-refractivity contribution in [3.05, 3.63) is 92.4 Å². The summed E-state index contributed by atoms with van der Waals surface area (Å²) in [6.07, 6.45) is 1.85. The number of benzene rings is 3. The van der Waals surface area contributed by atoms with E-state index in [1.807, 2.05) is 80.6 Å². The predicted molar refractivity (Wildman–Crippen MR) is 126 cm³/mol. The minimum absolute atomic E-state index is 0.387. The molecule has 3 aromatic carbocycles. The van der Waals surface area contributed by atoms with E-state index in [0.717, 1.165) is 26.7 Å². The predicted octanol–water partition coefficient (Wildman–Crippen LogP) is 7.45. The number of hydrogen-bond donors (Lipinski definition) is 0. The van der Waals surface area contributed by atoms with E-state index in [1.54, 1.807) is 0 Å². The molecule has 0 amide bonds. The number of halogens is 2. The summed E-state index contributed by atoms with van der Waals surface area (Å²) in [6.45, 7) is 4.83. The summed E-state index contributed by atoms with van der Waals surface area (Å²) >= 11 is 9.54. The molecule has 0 saturated carbocycles. The first kappa shape index (κ1) is 22.0. The molecule has 3 rings (SSSR count). The van der Waals surface area contributed by atoms with Gasteiger partial charge in [0.15, 0.2) is 11.5 Å². The highest BCUT2D eigenvalue weighted by molar-refractivity contribution is 9.10. The summed E-state index contributed by atoms with van der Waals surface area (Å²) in [5, 5.41) is 10.3. The smallest absolute Gasteiger partial charge is 0.175 e. The van der Waals surface area contributed by atoms with Gasteiger partial charge in [-0.25, -0.2) is 0 Å². The Balaban J connectivity index is 1.90. The fraction of sp³-hybridized carbons (Fsp3) is 0.160. The van der Waals surface area contributed by atoms with E-state index < -0.39 is 0 Å². The Bertz CT molecular complexity index is 1080. The Hall–Kier alpha value is -2.74. The van der Waals surface area contributed by atoms with Crippen LogP contribution in [0.3, 0.4) is 0 Å². The minimum atomic E-state index is 0.387. The van der Waals surface area contributed by atoms with Gasteiger partial charge in [-0.05, 0) is 76.8 Å². The van der Waals surface area contributed by atoms with Gasteiger partial charge in [-0.3, -0.25) is 0 Å². The number of hydrogen-bond acceptors (Lipinski definition) is 3. The van der Waals surface area contributed by atoms with Crippen LogP contribution in [-0.2, 0) is 6.61 Å². The van der Waals surface area contributed by atoms with E-state index in [2.05, 4.69) is 22.0 Å². The highest BCUT2D eigenvalue weighted by Gasteiger charge is 2.13. The lowest BCUT2D eigenvalue weighted by molar-refractivity contribution is 0.267. The molecule has 0 bridgehead atoms. The second kappa shape index (κ2) is 10.3. The van der Waals surface area contributed by atoms with E-state index in [9.17, 15) is 5.26 Å². The molecule has 0 spiro atoms. The summed E-state index contributed by atoms with van der Waals surface area (Å²) in [7, 11) is 0. The molecule has 0 unspecified atom stereocenters. The van der Waals surface area contributed by atoms with E-state index in [4.69, 9.17) is 21.1 Å². The van der Waals surface area contributed by atoms with Crippen molar-refractivity contribution in [1.29, 1.82) is 5.26 Å². The molecule has 5 heteroatoms. The molecule has 0 aliphatic rings. The molecule has 0 aliphatic heterocycles. The number of allylic oxidation sites excluding steroid dienone is 1. The van der Waals surface area contributed by atoms with Crippen LogP contribution in [0.2, 0.25) is 5.02 Å². The molecule has 0 aromatic heterocycles. The van der Waals surface area contributed by atoms with E-state index in [-0.39, 0.29) is 0 Å². The van der Waals surface area contributed by atoms with Crippen molar-refractivity contribution in [2.24, 2.45) is 0 Å². The fourth-order valence-electron chi connectivity index (χ4n) is 2.89. The third-order valence-electron chi connectivity index (χ3n) is 4.42. The lowest BCUT2D eigenvalue weighted by Crippen LogP contribution is -2.01. The molecule has 0 heterocycles. The van der Waals surface area contributed by atoms with Crippen LogP contribution in [0.15, 0.2) is 65.1 Å². The lowest BCUT2D eigenvalue weighted by Gasteiger charge is -2.15. The maximum Gasteiger partial charge on any atom is 0.175 e. The average Bonchev–Trinajstić information content (AvgIpc) is 2.73. The first-order chi connectivity index (χ1) is 14.5. The molecule has 30 heavy (non-hydrogen) atoms. The van der Waals surface area contributed by atoms with Crippen molar-refractivity contribution in [2.45, 2.75) is 20.5 Å². The molecule has 0 aliphatic carbocycles. The minimum Gasteiger partial charge on any atom is -0.490 e. The van der Waals surface area contributed by atoms with Crippen LogP contribution in [-0.4, -0.2) is 6.61 Å². The Morgan fingerprint density at radius 1 is 1.07 bits per heavy atom. The molecule has 0 radical (unpaired) electrons. The highest BCUT2D eigenvalue weighted by atomic mass is 79.9. The zero-order chi connectivity index (χ0) is 21.5. The number of nitrogens with zero attached hydrogens (tertiary/aromatic N) is 1. The summed E-state index contributed by atoms with van der Waals surface area (Å²) < 4.78 is 12.6. The summed E-state index contributed by atoms with van der Waals surface area (Å²) in [4.78, 5) is 0. The van der Waals surface area contributed by atoms with Crippen LogP contribution in [0, 0.1) is 18.3 Å². The SMILES string of the molecule is CCOc1cc(/C=C(/C#N)c2ccc(C)cc2)cc(Br)c1OCc1ccc(Cl)cc1. The van der Waals surface area contributed by atoms with Crippen molar-refractivity contribution in [3.63, 3.8) is 0 Å². The van der Waals surface area contributed by atoms with Crippen LogP contribution < -0.4 is 9.47 Å². The Kier molecular flexibility index (Phi) is 7.57. The average molecular weight is 483 g/mol. The van der Waals surface area contributed by atoms with Crippen LogP contribution in [0.25, 0.3) is 11.6 Å². The van der Waals surface area contributed by atoms with Crippen molar-refractivity contribution in [2.75, 3.05) is 6.61 Å². The first-order valence-corrected chi connectivity index (χ1v) is 10.7. The van der Waals surface area contributed by atoms with Crippen LogP contribution in [0.5, 0.6) is 11.5 Å². The van der Waals surface area contributed by atoms with Crippen LogP contribution >= 0.6 is 27.5 Å². The Labute approximate surface area is 190 Å². The second-order valence-electron chi connectivity index (χ2n) is 6.71. The number of rotatable bonds is 7. The fourth-order valence-corrected chi connectivity index (χ4v) is 3.59. The Morgan fingerprint density at radius 2 is 1.77 bits per heavy atom. The van der Waals surface area contributed by atoms with E-state index in [0.29, 0.717) is 35.3 Å².